The van der Waals surface area contributed by atoms with Crippen molar-refractivity contribution in [2.24, 2.45) is 0 Å². The molecule has 1 aromatic rings. The third-order valence-corrected chi connectivity index (χ3v) is 4.06. The zero-order valence-corrected chi connectivity index (χ0v) is 13.1. The van der Waals surface area contributed by atoms with Crippen molar-refractivity contribution in [1.82, 2.24) is 15.1 Å². The average Bonchev–Trinajstić information content (AvgIpc) is 2.48. The van der Waals surface area contributed by atoms with Gasteiger partial charge in [-0.25, -0.2) is 0 Å². The molecule has 0 radical (unpaired) electrons. The highest BCUT2D eigenvalue weighted by molar-refractivity contribution is 5.22. The van der Waals surface area contributed by atoms with Crippen molar-refractivity contribution in [1.29, 1.82) is 0 Å². The summed E-state index contributed by atoms with van der Waals surface area (Å²) in [7, 11) is 2.21. The van der Waals surface area contributed by atoms with Gasteiger partial charge in [0.1, 0.15) is 0 Å². The minimum Gasteiger partial charge on any atom is -0.313 e. The summed E-state index contributed by atoms with van der Waals surface area (Å²) in [6, 6.07) is 9.11. The molecule has 0 atom stereocenters. The van der Waals surface area contributed by atoms with Crippen LogP contribution in [0.1, 0.15) is 30.9 Å². The molecule has 0 aliphatic carbocycles. The highest BCUT2D eigenvalue weighted by Crippen LogP contribution is 2.09. The fourth-order valence-electron chi connectivity index (χ4n) is 2.56. The van der Waals surface area contributed by atoms with Gasteiger partial charge in [-0.15, -0.1) is 0 Å². The van der Waals surface area contributed by atoms with Gasteiger partial charge >= 0.3 is 0 Å². The number of nitrogens with zero attached hydrogens (tertiary/aromatic N) is 2. The molecule has 1 aliphatic rings. The summed E-state index contributed by atoms with van der Waals surface area (Å²) in [5, 5.41) is 3.49. The van der Waals surface area contributed by atoms with E-state index in [4.69, 9.17) is 0 Å². The summed E-state index contributed by atoms with van der Waals surface area (Å²) >= 11 is 0. The van der Waals surface area contributed by atoms with Crippen LogP contribution in [0.2, 0.25) is 0 Å². The number of benzene rings is 1. The molecule has 20 heavy (non-hydrogen) atoms. The van der Waals surface area contributed by atoms with E-state index in [1.54, 1.807) is 0 Å². The molecule has 3 nitrogen and oxygen atoms in total. The Kier molecular flexibility index (Phi) is 6.51. The van der Waals surface area contributed by atoms with Crippen LogP contribution in [0, 0.1) is 0 Å². The molecule has 1 N–H and O–H groups in total. The predicted molar refractivity (Wildman–Crippen MR) is 85.8 cm³/mol. The minimum absolute atomic E-state index is 0.995. The summed E-state index contributed by atoms with van der Waals surface area (Å²) in [6.07, 6.45) is 2.53. The fourth-order valence-corrected chi connectivity index (χ4v) is 2.56. The van der Waals surface area contributed by atoms with Crippen molar-refractivity contribution in [3.8, 4) is 0 Å². The topological polar surface area (TPSA) is 18.5 Å². The number of unbranched alkanes of at least 4 members (excludes halogenated alkanes) is 1. The van der Waals surface area contributed by atoms with E-state index in [1.165, 1.54) is 50.1 Å². The van der Waals surface area contributed by atoms with Crippen LogP contribution in [-0.2, 0) is 13.1 Å². The summed E-state index contributed by atoms with van der Waals surface area (Å²) in [6.45, 7) is 10.2. The molecule has 0 saturated carbocycles. The molecule has 112 valence electrons. The molecular formula is C17H29N3. The van der Waals surface area contributed by atoms with Crippen LogP contribution in [-0.4, -0.2) is 49.6 Å². The Labute approximate surface area is 124 Å². The molecular weight excluding hydrogens is 246 g/mol. The first-order valence-electron chi connectivity index (χ1n) is 7.97. The fraction of sp³-hybridized carbons (Fsp3) is 0.647. The van der Waals surface area contributed by atoms with Crippen LogP contribution < -0.4 is 5.32 Å². The van der Waals surface area contributed by atoms with Crippen LogP contribution in [0.4, 0.5) is 0 Å². The van der Waals surface area contributed by atoms with E-state index >= 15 is 0 Å². The summed E-state index contributed by atoms with van der Waals surface area (Å²) in [5.74, 6) is 0. The van der Waals surface area contributed by atoms with Crippen molar-refractivity contribution in [2.45, 2.75) is 32.9 Å². The number of rotatable bonds is 7. The van der Waals surface area contributed by atoms with E-state index < -0.39 is 0 Å². The number of likely N-dealkylation sites (N-methyl/N-ethyl adjacent to an activating group) is 1. The largest absolute Gasteiger partial charge is 0.313 e. The van der Waals surface area contributed by atoms with Crippen LogP contribution in [0.3, 0.4) is 0 Å². The Balaban J connectivity index is 1.73. The van der Waals surface area contributed by atoms with E-state index in [1.807, 2.05) is 0 Å². The van der Waals surface area contributed by atoms with Crippen LogP contribution in [0.5, 0.6) is 0 Å². The van der Waals surface area contributed by atoms with Gasteiger partial charge < -0.3 is 10.2 Å². The minimum atomic E-state index is 0.995. The van der Waals surface area contributed by atoms with Crippen LogP contribution >= 0.6 is 0 Å². The monoisotopic (exact) mass is 275 g/mol. The zero-order chi connectivity index (χ0) is 14.2. The van der Waals surface area contributed by atoms with Gasteiger partial charge in [0.25, 0.3) is 0 Å². The maximum absolute atomic E-state index is 3.49. The number of hydrogen-bond acceptors (Lipinski definition) is 3. The standard InChI is InChI=1S/C17H29N3/c1-3-4-9-18-14-16-5-7-17(8-6-16)15-20-12-10-19(2)11-13-20/h5-8,18H,3-4,9-15H2,1-2H3. The van der Waals surface area contributed by atoms with Crippen molar-refractivity contribution in [3.05, 3.63) is 35.4 Å². The Morgan fingerprint density at radius 3 is 2.30 bits per heavy atom. The molecule has 0 amide bonds. The maximum atomic E-state index is 3.49. The van der Waals surface area contributed by atoms with Crippen molar-refractivity contribution < 1.29 is 0 Å². The molecule has 0 bridgehead atoms. The molecule has 1 aromatic carbocycles. The lowest BCUT2D eigenvalue weighted by Crippen LogP contribution is -2.43. The van der Waals surface area contributed by atoms with E-state index in [-0.39, 0.29) is 0 Å². The van der Waals surface area contributed by atoms with Crippen LogP contribution in [0.15, 0.2) is 24.3 Å². The molecule has 0 spiro atoms. The van der Waals surface area contributed by atoms with E-state index in [0.717, 1.165) is 19.6 Å². The summed E-state index contributed by atoms with van der Waals surface area (Å²) in [4.78, 5) is 4.95. The lowest BCUT2D eigenvalue weighted by atomic mass is 10.1. The summed E-state index contributed by atoms with van der Waals surface area (Å²) < 4.78 is 0. The van der Waals surface area contributed by atoms with Crippen molar-refractivity contribution in [2.75, 3.05) is 39.8 Å². The SMILES string of the molecule is CCCCNCc1ccc(CN2CCN(C)CC2)cc1. The van der Waals surface area contributed by atoms with Gasteiger partial charge in [0, 0.05) is 39.3 Å². The number of hydrogen-bond donors (Lipinski definition) is 1. The highest BCUT2D eigenvalue weighted by Gasteiger charge is 2.13. The summed E-state index contributed by atoms with van der Waals surface area (Å²) in [5.41, 5.74) is 2.83. The van der Waals surface area contributed by atoms with E-state index in [9.17, 15) is 0 Å². The quantitative estimate of drug-likeness (QED) is 0.771. The maximum Gasteiger partial charge on any atom is 0.0234 e. The second-order valence-corrected chi connectivity index (χ2v) is 5.93. The Bertz CT molecular complexity index is 366. The Morgan fingerprint density at radius 2 is 1.65 bits per heavy atom. The van der Waals surface area contributed by atoms with Crippen molar-refractivity contribution >= 4 is 0 Å². The highest BCUT2D eigenvalue weighted by atomic mass is 15.2. The molecule has 0 unspecified atom stereocenters. The molecule has 2 rings (SSSR count). The Morgan fingerprint density at radius 1 is 1.00 bits per heavy atom. The third-order valence-electron chi connectivity index (χ3n) is 4.06. The predicted octanol–water partition coefficient (Wildman–Crippen LogP) is 2.32. The normalized spacial score (nSPS) is 17.5. The molecule has 1 saturated heterocycles. The average molecular weight is 275 g/mol. The Hall–Kier alpha value is -0.900. The zero-order valence-electron chi connectivity index (χ0n) is 13.1. The van der Waals surface area contributed by atoms with Gasteiger partial charge in [-0.3, -0.25) is 4.90 Å². The van der Waals surface area contributed by atoms with Crippen molar-refractivity contribution in [3.63, 3.8) is 0 Å². The molecule has 1 aliphatic heterocycles. The molecule has 3 heteroatoms. The third kappa shape index (κ3) is 5.23. The first-order valence-corrected chi connectivity index (χ1v) is 7.97. The second-order valence-electron chi connectivity index (χ2n) is 5.93. The van der Waals surface area contributed by atoms with E-state index in [2.05, 4.69) is 53.4 Å². The second kappa shape index (κ2) is 8.40. The lowest BCUT2D eigenvalue weighted by Gasteiger charge is -2.32. The smallest absolute Gasteiger partial charge is 0.0234 e. The molecule has 0 aromatic heterocycles. The van der Waals surface area contributed by atoms with Crippen LogP contribution in [0.25, 0.3) is 0 Å². The van der Waals surface area contributed by atoms with Gasteiger partial charge in [-0.2, -0.15) is 0 Å². The first kappa shape index (κ1) is 15.5. The first-order chi connectivity index (χ1) is 9.78. The molecule has 1 fully saturated rings. The van der Waals surface area contributed by atoms with Gasteiger partial charge in [-0.05, 0) is 31.1 Å². The van der Waals surface area contributed by atoms with Gasteiger partial charge in [0.2, 0.25) is 0 Å². The molecule has 1 heterocycles. The number of nitrogens with one attached hydrogen (secondary N) is 1. The van der Waals surface area contributed by atoms with Gasteiger partial charge in [0.05, 0.1) is 0 Å². The number of piperazine rings is 1. The van der Waals surface area contributed by atoms with E-state index in [0.29, 0.717) is 0 Å². The van der Waals surface area contributed by atoms with Gasteiger partial charge in [0.15, 0.2) is 0 Å². The lowest BCUT2D eigenvalue weighted by molar-refractivity contribution is 0.148. The van der Waals surface area contributed by atoms with Gasteiger partial charge in [-0.1, -0.05) is 37.6 Å².